The molecule has 1 heterocycles. The second-order valence-electron chi connectivity index (χ2n) is 4.81. The average molecular weight is 266 g/mol. The molecule has 2 aromatic carbocycles. The van der Waals surface area contributed by atoms with Gasteiger partial charge >= 0.3 is 0 Å². The van der Waals surface area contributed by atoms with Crippen LogP contribution in [-0.4, -0.2) is 11.7 Å². The second kappa shape index (κ2) is 5.39. The molecule has 2 N–H and O–H groups in total. The van der Waals surface area contributed by atoms with E-state index in [1.807, 2.05) is 18.2 Å². The van der Waals surface area contributed by atoms with E-state index in [2.05, 4.69) is 41.1 Å². The molecule has 3 heteroatoms. The molecule has 0 aliphatic rings. The minimum absolute atomic E-state index is 0.549. The number of para-hydroxylation sites is 2. The van der Waals surface area contributed by atoms with Gasteiger partial charge in [0.25, 0.3) is 0 Å². The van der Waals surface area contributed by atoms with Gasteiger partial charge in [-0.3, -0.25) is 0 Å². The number of rotatable bonds is 4. The molecule has 0 saturated carbocycles. The third-order valence-corrected chi connectivity index (χ3v) is 3.63. The summed E-state index contributed by atoms with van der Waals surface area (Å²) in [6.07, 6.45) is 2.11. The Hall–Kier alpha value is -2.26. The van der Waals surface area contributed by atoms with Crippen molar-refractivity contribution < 1.29 is 4.74 Å². The van der Waals surface area contributed by atoms with E-state index in [4.69, 9.17) is 10.5 Å². The normalized spacial score (nSPS) is 10.9. The molecule has 1 aromatic heterocycles. The lowest BCUT2D eigenvalue weighted by molar-refractivity contribution is 0.408. The third-order valence-electron chi connectivity index (χ3n) is 3.63. The van der Waals surface area contributed by atoms with Crippen LogP contribution in [0.4, 0.5) is 0 Å². The molecule has 0 bridgehead atoms. The molecule has 0 saturated heterocycles. The zero-order valence-electron chi connectivity index (χ0n) is 11.5. The Balaban J connectivity index is 2.07. The van der Waals surface area contributed by atoms with E-state index < -0.39 is 0 Å². The number of fused-ring (bicyclic) bond motifs is 1. The number of hydrogen-bond donors (Lipinski definition) is 1. The monoisotopic (exact) mass is 266 g/mol. The lowest BCUT2D eigenvalue weighted by atomic mass is 10.1. The number of ether oxygens (including phenoxy) is 1. The summed E-state index contributed by atoms with van der Waals surface area (Å²) in [6, 6.07) is 16.5. The highest BCUT2D eigenvalue weighted by atomic mass is 16.5. The number of nitrogens with two attached hydrogens (primary N) is 1. The van der Waals surface area contributed by atoms with Crippen LogP contribution in [0.5, 0.6) is 5.75 Å². The van der Waals surface area contributed by atoms with Crippen LogP contribution in [-0.2, 0) is 13.1 Å². The Kier molecular flexibility index (Phi) is 3.44. The lowest BCUT2D eigenvalue weighted by Crippen LogP contribution is -2.04. The first-order valence-corrected chi connectivity index (χ1v) is 6.72. The molecule has 0 unspecified atom stereocenters. The van der Waals surface area contributed by atoms with Crippen molar-refractivity contribution in [2.24, 2.45) is 5.73 Å². The summed E-state index contributed by atoms with van der Waals surface area (Å²) < 4.78 is 7.66. The van der Waals surface area contributed by atoms with Crippen LogP contribution < -0.4 is 10.5 Å². The molecule has 0 aliphatic carbocycles. The maximum atomic E-state index is 5.86. The van der Waals surface area contributed by atoms with Gasteiger partial charge in [0.05, 0.1) is 19.2 Å². The SMILES string of the molecule is COc1ccccc1Cn1ccc2cccc(CN)c21. The lowest BCUT2D eigenvalue weighted by Gasteiger charge is -2.12. The van der Waals surface area contributed by atoms with E-state index in [1.165, 1.54) is 22.0 Å². The number of nitrogens with zero attached hydrogens (tertiary/aromatic N) is 1. The molecule has 0 aliphatic heterocycles. The molecule has 0 atom stereocenters. The predicted molar refractivity (Wildman–Crippen MR) is 81.9 cm³/mol. The molecular formula is C17H18N2O. The highest BCUT2D eigenvalue weighted by Crippen LogP contribution is 2.24. The van der Waals surface area contributed by atoms with Crippen molar-refractivity contribution in [1.29, 1.82) is 0 Å². The van der Waals surface area contributed by atoms with Crippen LogP contribution in [0.1, 0.15) is 11.1 Å². The van der Waals surface area contributed by atoms with Gasteiger partial charge in [-0.1, -0.05) is 36.4 Å². The van der Waals surface area contributed by atoms with Gasteiger partial charge in [-0.25, -0.2) is 0 Å². The van der Waals surface area contributed by atoms with Gasteiger partial charge in [0, 0.05) is 18.3 Å². The summed E-state index contributed by atoms with van der Waals surface area (Å²) in [5, 5.41) is 1.22. The van der Waals surface area contributed by atoms with Crippen molar-refractivity contribution in [3.63, 3.8) is 0 Å². The Morgan fingerprint density at radius 1 is 1.00 bits per heavy atom. The van der Waals surface area contributed by atoms with E-state index in [1.54, 1.807) is 7.11 Å². The van der Waals surface area contributed by atoms with Gasteiger partial charge in [0.1, 0.15) is 5.75 Å². The van der Waals surface area contributed by atoms with E-state index >= 15 is 0 Å². The van der Waals surface area contributed by atoms with Crippen LogP contribution in [0, 0.1) is 0 Å². The Labute approximate surface area is 118 Å². The topological polar surface area (TPSA) is 40.2 Å². The van der Waals surface area contributed by atoms with Crippen LogP contribution >= 0.6 is 0 Å². The van der Waals surface area contributed by atoms with Crippen LogP contribution in [0.3, 0.4) is 0 Å². The van der Waals surface area contributed by atoms with E-state index in [0.717, 1.165) is 12.3 Å². The first kappa shape index (κ1) is 12.8. The van der Waals surface area contributed by atoms with Gasteiger partial charge < -0.3 is 15.0 Å². The molecule has 3 aromatic rings. The van der Waals surface area contributed by atoms with Gasteiger partial charge in [-0.15, -0.1) is 0 Å². The molecule has 0 spiro atoms. The van der Waals surface area contributed by atoms with Gasteiger partial charge in [-0.05, 0) is 23.1 Å². The van der Waals surface area contributed by atoms with Gasteiger partial charge in [0.15, 0.2) is 0 Å². The molecule has 0 radical (unpaired) electrons. The van der Waals surface area contributed by atoms with Crippen molar-refractivity contribution in [2.45, 2.75) is 13.1 Å². The van der Waals surface area contributed by atoms with Crippen molar-refractivity contribution in [3.05, 3.63) is 65.9 Å². The standard InChI is InChI=1S/C17H18N2O/c1-20-16-8-3-2-5-15(16)12-19-10-9-13-6-4-7-14(11-18)17(13)19/h2-10H,11-12,18H2,1H3. The minimum atomic E-state index is 0.549. The highest BCUT2D eigenvalue weighted by molar-refractivity contribution is 5.83. The fourth-order valence-corrected chi connectivity index (χ4v) is 2.65. The van der Waals surface area contributed by atoms with Crippen LogP contribution in [0.15, 0.2) is 54.7 Å². The first-order chi connectivity index (χ1) is 9.83. The summed E-state index contributed by atoms with van der Waals surface area (Å²) in [7, 11) is 1.71. The molecule has 3 nitrogen and oxygen atoms in total. The van der Waals surface area contributed by atoms with E-state index in [-0.39, 0.29) is 0 Å². The Bertz CT molecular complexity index is 731. The largest absolute Gasteiger partial charge is 0.496 e. The van der Waals surface area contributed by atoms with Crippen molar-refractivity contribution >= 4 is 10.9 Å². The summed E-state index contributed by atoms with van der Waals surface area (Å²) in [5.41, 5.74) is 9.40. The van der Waals surface area contributed by atoms with E-state index in [0.29, 0.717) is 6.54 Å². The Morgan fingerprint density at radius 2 is 1.80 bits per heavy atom. The first-order valence-electron chi connectivity index (χ1n) is 6.72. The molecule has 0 fully saturated rings. The zero-order chi connectivity index (χ0) is 13.9. The fourth-order valence-electron chi connectivity index (χ4n) is 2.65. The van der Waals surface area contributed by atoms with Crippen LogP contribution in [0.25, 0.3) is 10.9 Å². The van der Waals surface area contributed by atoms with Crippen molar-refractivity contribution in [2.75, 3.05) is 7.11 Å². The quantitative estimate of drug-likeness (QED) is 0.788. The van der Waals surface area contributed by atoms with E-state index in [9.17, 15) is 0 Å². The van der Waals surface area contributed by atoms with Gasteiger partial charge in [-0.2, -0.15) is 0 Å². The van der Waals surface area contributed by atoms with Crippen molar-refractivity contribution in [1.82, 2.24) is 4.57 Å². The summed E-state index contributed by atoms with van der Waals surface area (Å²) in [6.45, 7) is 1.33. The third kappa shape index (κ3) is 2.17. The summed E-state index contributed by atoms with van der Waals surface area (Å²) >= 11 is 0. The average Bonchev–Trinajstić information content (AvgIpc) is 2.91. The zero-order valence-corrected chi connectivity index (χ0v) is 11.5. The van der Waals surface area contributed by atoms with Gasteiger partial charge in [0.2, 0.25) is 0 Å². The fraction of sp³-hybridized carbons (Fsp3) is 0.176. The van der Waals surface area contributed by atoms with Crippen molar-refractivity contribution in [3.8, 4) is 5.75 Å². The van der Waals surface area contributed by atoms with Crippen LogP contribution in [0.2, 0.25) is 0 Å². The summed E-state index contributed by atoms with van der Waals surface area (Å²) in [5.74, 6) is 0.916. The second-order valence-corrected chi connectivity index (χ2v) is 4.81. The number of methoxy groups -OCH3 is 1. The Morgan fingerprint density at radius 3 is 2.60 bits per heavy atom. The maximum absolute atomic E-state index is 5.86. The number of aromatic nitrogens is 1. The smallest absolute Gasteiger partial charge is 0.123 e. The molecule has 3 rings (SSSR count). The molecule has 20 heavy (non-hydrogen) atoms. The number of hydrogen-bond acceptors (Lipinski definition) is 2. The molecular weight excluding hydrogens is 248 g/mol. The molecule has 102 valence electrons. The summed E-state index contributed by atoms with van der Waals surface area (Å²) in [4.78, 5) is 0. The highest BCUT2D eigenvalue weighted by Gasteiger charge is 2.08. The molecule has 0 amide bonds. The predicted octanol–water partition coefficient (Wildman–Crippen LogP) is 3.16. The minimum Gasteiger partial charge on any atom is -0.496 e. The maximum Gasteiger partial charge on any atom is 0.123 e. The number of benzene rings is 2.